The van der Waals surface area contributed by atoms with Crippen LogP contribution in [0.25, 0.3) is 72.4 Å². The molecule has 0 bridgehead atoms. The van der Waals surface area contributed by atoms with Crippen LogP contribution < -0.4 is 0 Å². The first-order chi connectivity index (χ1) is 19.8. The molecule has 0 unspecified atom stereocenters. The molecule has 0 atom stereocenters. The second-order valence-electron chi connectivity index (χ2n) is 9.56. The Balaban J connectivity index is 0.00000276. The number of hydrogen-bond acceptors (Lipinski definition) is 4. The Hall–Kier alpha value is -4.86. The van der Waals surface area contributed by atoms with Crippen molar-refractivity contribution >= 4 is 32.9 Å². The summed E-state index contributed by atoms with van der Waals surface area (Å²) in [6.45, 7) is 0. The van der Waals surface area contributed by atoms with Gasteiger partial charge in [-0.1, -0.05) is 64.5 Å². The second kappa shape index (κ2) is 10.3. The summed E-state index contributed by atoms with van der Waals surface area (Å²) >= 11 is 0. The van der Waals surface area contributed by atoms with Crippen LogP contribution in [0.5, 0.6) is 0 Å². The van der Waals surface area contributed by atoms with Gasteiger partial charge in [0, 0.05) is 24.1 Å². The largest absolute Gasteiger partial charge is 2.00 e. The molecule has 0 saturated carbocycles. The maximum Gasteiger partial charge on any atom is 2.00 e. The summed E-state index contributed by atoms with van der Waals surface area (Å²) < 4.78 is 8.49. The van der Waals surface area contributed by atoms with Crippen LogP contribution in [-0.2, 0) is 21.1 Å². The number of rotatable bonds is 4. The molecule has 0 aliphatic carbocycles. The molecular weight excluding hydrogens is 687 g/mol. The zero-order valence-corrected chi connectivity index (χ0v) is 23.8. The summed E-state index contributed by atoms with van der Waals surface area (Å²) in [5.74, 6) is 0.526. The average molecular weight is 708 g/mol. The van der Waals surface area contributed by atoms with Crippen LogP contribution in [0.3, 0.4) is 0 Å². The van der Waals surface area contributed by atoms with Crippen molar-refractivity contribution in [1.29, 1.82) is 0 Å². The van der Waals surface area contributed by atoms with Crippen molar-refractivity contribution in [1.82, 2.24) is 19.5 Å². The molecule has 0 radical (unpaired) electrons. The van der Waals surface area contributed by atoms with E-state index < -0.39 is 0 Å². The molecule has 5 nitrogen and oxygen atoms in total. The number of oxazole rings is 1. The first-order valence-corrected chi connectivity index (χ1v) is 13.0. The van der Waals surface area contributed by atoms with E-state index in [1.807, 2.05) is 66.7 Å². The Bertz CT molecular complexity index is 2140. The summed E-state index contributed by atoms with van der Waals surface area (Å²) in [4.78, 5) is 13.6. The smallest absolute Gasteiger partial charge is 0.481 e. The van der Waals surface area contributed by atoms with Crippen LogP contribution >= 0.6 is 0 Å². The fourth-order valence-electron chi connectivity index (χ4n) is 5.35. The molecule has 8 rings (SSSR count). The van der Waals surface area contributed by atoms with Crippen molar-refractivity contribution in [2.24, 2.45) is 0 Å². The van der Waals surface area contributed by atoms with Crippen molar-refractivity contribution in [2.75, 3.05) is 0 Å². The zero-order valence-electron chi connectivity index (χ0n) is 21.6. The van der Waals surface area contributed by atoms with Gasteiger partial charge in [0.2, 0.25) is 0 Å². The van der Waals surface area contributed by atoms with Crippen LogP contribution in [0.1, 0.15) is 0 Å². The van der Waals surface area contributed by atoms with Gasteiger partial charge >= 0.3 is 21.1 Å². The maximum atomic E-state index is 6.28. The summed E-state index contributed by atoms with van der Waals surface area (Å²) in [6.07, 6.45) is 5.41. The monoisotopic (exact) mass is 707 g/mol. The zero-order chi connectivity index (χ0) is 26.5. The average Bonchev–Trinajstić information content (AvgIpc) is 3.60. The van der Waals surface area contributed by atoms with Crippen molar-refractivity contribution in [3.8, 4) is 39.5 Å². The van der Waals surface area contributed by atoms with Gasteiger partial charge < -0.3 is 14.0 Å². The molecular formula is C35H20N4OPt. The summed E-state index contributed by atoms with van der Waals surface area (Å²) in [5.41, 5.74) is 9.04. The summed E-state index contributed by atoms with van der Waals surface area (Å²) in [5, 5.41) is 2.21. The van der Waals surface area contributed by atoms with Gasteiger partial charge in [-0.15, -0.1) is 42.0 Å². The van der Waals surface area contributed by atoms with Gasteiger partial charge in [0.15, 0.2) is 0 Å². The van der Waals surface area contributed by atoms with Gasteiger partial charge in [-0.25, -0.2) is 0 Å². The third-order valence-electron chi connectivity index (χ3n) is 7.18. The Morgan fingerprint density at radius 2 is 1.54 bits per heavy atom. The fourth-order valence-corrected chi connectivity index (χ4v) is 5.35. The third-order valence-corrected chi connectivity index (χ3v) is 7.18. The number of aromatic nitrogens is 4. The Morgan fingerprint density at radius 3 is 2.39 bits per heavy atom. The van der Waals surface area contributed by atoms with Gasteiger partial charge in [-0.2, -0.15) is 0 Å². The minimum Gasteiger partial charge on any atom is -0.481 e. The van der Waals surface area contributed by atoms with E-state index in [-0.39, 0.29) is 21.1 Å². The molecule has 0 amide bonds. The van der Waals surface area contributed by atoms with E-state index in [4.69, 9.17) is 9.40 Å². The van der Waals surface area contributed by atoms with Gasteiger partial charge in [-0.3, -0.25) is 9.97 Å². The number of nitrogens with zero attached hydrogens (tertiary/aromatic N) is 4. The second-order valence-corrected chi connectivity index (χ2v) is 9.56. The predicted octanol–water partition coefficient (Wildman–Crippen LogP) is 8.31. The van der Waals surface area contributed by atoms with Crippen molar-refractivity contribution in [3.05, 3.63) is 134 Å². The number of benzene rings is 4. The Labute approximate surface area is 250 Å². The van der Waals surface area contributed by atoms with E-state index in [2.05, 4.69) is 63.1 Å². The first-order valence-electron chi connectivity index (χ1n) is 13.0. The predicted molar refractivity (Wildman–Crippen MR) is 158 cm³/mol. The van der Waals surface area contributed by atoms with Crippen molar-refractivity contribution in [3.63, 3.8) is 0 Å². The molecule has 41 heavy (non-hydrogen) atoms. The minimum absolute atomic E-state index is 0. The molecule has 196 valence electrons. The van der Waals surface area contributed by atoms with Crippen LogP contribution in [0.4, 0.5) is 0 Å². The fraction of sp³-hybridized carbons (Fsp3) is 0. The minimum atomic E-state index is 0. The van der Waals surface area contributed by atoms with Crippen molar-refractivity contribution in [2.45, 2.75) is 0 Å². The molecule has 0 saturated heterocycles. The van der Waals surface area contributed by atoms with Gasteiger partial charge in [0.05, 0.1) is 5.52 Å². The molecule has 0 aliphatic rings. The van der Waals surface area contributed by atoms with E-state index in [0.29, 0.717) is 5.89 Å². The standard InChI is InChI=1S/C35H20N4O.Pt/c1-3-13-32-26(10-1)28-21-27(23-15-18-36-19-16-23)29(35-38-31-12-2-4-14-34(31)40-35)22-33(28)39(32)25-9-7-8-24(20-25)30-11-5-6-17-37-30;/h1-19,21H;/q-2;+2. The quantitative estimate of drug-likeness (QED) is 0.173. The molecule has 0 spiro atoms. The molecule has 0 aliphatic heterocycles. The molecule has 0 fully saturated rings. The van der Waals surface area contributed by atoms with E-state index in [1.54, 1.807) is 18.6 Å². The van der Waals surface area contributed by atoms with Gasteiger partial charge in [-0.05, 0) is 58.7 Å². The van der Waals surface area contributed by atoms with E-state index in [0.717, 1.165) is 66.5 Å². The SMILES string of the molecule is [Pt+2].[c-]1c(-c2ccccn2)cccc1-n1c2[c-]c(-c3nc4ccccc4o3)c(-c3ccncc3)cc2c2ccccc21. The molecule has 4 aromatic carbocycles. The molecule has 8 aromatic rings. The van der Waals surface area contributed by atoms with E-state index in [9.17, 15) is 0 Å². The number of pyridine rings is 2. The van der Waals surface area contributed by atoms with Crippen LogP contribution in [-0.4, -0.2) is 19.5 Å². The number of hydrogen-bond donors (Lipinski definition) is 0. The van der Waals surface area contributed by atoms with Crippen LogP contribution in [0.15, 0.2) is 126 Å². The molecule has 0 N–H and O–H groups in total. The number of para-hydroxylation sites is 3. The van der Waals surface area contributed by atoms with Gasteiger partial charge in [0.1, 0.15) is 11.5 Å². The van der Waals surface area contributed by atoms with Crippen LogP contribution in [0.2, 0.25) is 0 Å². The molecule has 4 aromatic heterocycles. The Morgan fingerprint density at radius 1 is 0.707 bits per heavy atom. The first kappa shape index (κ1) is 25.1. The topological polar surface area (TPSA) is 56.7 Å². The summed E-state index contributed by atoms with van der Waals surface area (Å²) in [6, 6.07) is 41.9. The normalized spacial score (nSPS) is 11.2. The van der Waals surface area contributed by atoms with E-state index in [1.165, 1.54) is 0 Å². The Kier molecular flexibility index (Phi) is 6.30. The number of fused-ring (bicyclic) bond motifs is 4. The third kappa shape index (κ3) is 4.26. The van der Waals surface area contributed by atoms with Crippen LogP contribution in [0, 0.1) is 12.1 Å². The molecule has 6 heteroatoms. The van der Waals surface area contributed by atoms with E-state index >= 15 is 0 Å². The van der Waals surface area contributed by atoms with Crippen molar-refractivity contribution < 1.29 is 25.5 Å². The van der Waals surface area contributed by atoms with Gasteiger partial charge in [0.25, 0.3) is 0 Å². The maximum absolute atomic E-state index is 6.28. The summed E-state index contributed by atoms with van der Waals surface area (Å²) in [7, 11) is 0. The molecule has 4 heterocycles.